The van der Waals surface area contributed by atoms with Gasteiger partial charge in [0, 0.05) is 17.8 Å². The second-order valence-electron chi connectivity index (χ2n) is 12.7. The smallest absolute Gasteiger partial charge is 0.407 e. The molecule has 2 aromatic carbocycles. The molecule has 0 saturated carbocycles. The fraction of sp³-hybridized carbons (Fsp3) is 0.500. The van der Waals surface area contributed by atoms with Gasteiger partial charge in [0.05, 0.1) is 5.69 Å². The molecule has 1 aliphatic carbocycles. The Hall–Kier alpha value is -3.12. The molecule has 6 heteroatoms. The summed E-state index contributed by atoms with van der Waals surface area (Å²) < 4.78 is 5.59. The van der Waals surface area contributed by atoms with Crippen LogP contribution in [0.4, 0.5) is 4.79 Å². The predicted molar refractivity (Wildman–Crippen MR) is 153 cm³/mol. The van der Waals surface area contributed by atoms with Gasteiger partial charge < -0.3 is 15.4 Å². The second-order valence-corrected chi connectivity index (χ2v) is 12.7. The Labute approximate surface area is 228 Å². The van der Waals surface area contributed by atoms with E-state index in [0.29, 0.717) is 0 Å². The van der Waals surface area contributed by atoms with Gasteiger partial charge in [0.1, 0.15) is 5.60 Å². The highest BCUT2D eigenvalue weighted by Crippen LogP contribution is 2.37. The second kappa shape index (κ2) is 11.3. The molecule has 4 rings (SSSR count). The summed E-state index contributed by atoms with van der Waals surface area (Å²) in [5, 5.41) is 14.6. The number of carbonyl (C=O) groups is 1. The van der Waals surface area contributed by atoms with E-state index in [4.69, 9.17) is 4.74 Å². The molecule has 0 fully saturated rings. The van der Waals surface area contributed by atoms with E-state index >= 15 is 0 Å². The molecule has 0 saturated heterocycles. The molecule has 1 aromatic heterocycles. The van der Waals surface area contributed by atoms with Gasteiger partial charge in [-0.1, -0.05) is 75.4 Å². The van der Waals surface area contributed by atoms with Crippen molar-refractivity contribution in [2.75, 3.05) is 6.54 Å². The first-order valence-electron chi connectivity index (χ1n) is 13.8. The van der Waals surface area contributed by atoms with Crippen LogP contribution in [-0.4, -0.2) is 34.5 Å². The Morgan fingerprint density at radius 1 is 1.08 bits per heavy atom. The number of carbonyl (C=O) groups excluding carboxylic acids is 1. The van der Waals surface area contributed by atoms with Crippen LogP contribution in [-0.2, 0) is 35.0 Å². The molecule has 204 valence electrons. The molecule has 1 aliphatic rings. The lowest BCUT2D eigenvalue weighted by Crippen LogP contribution is -2.49. The molecule has 0 spiro atoms. The molecule has 1 amide bonds. The molecule has 3 aromatic rings. The van der Waals surface area contributed by atoms with Crippen molar-refractivity contribution in [3.8, 4) is 0 Å². The number of aromatic nitrogens is 2. The third-order valence-electron chi connectivity index (χ3n) is 7.37. The lowest BCUT2D eigenvalue weighted by atomic mass is 9.74. The standard InChI is InChI=1S/C32H44N4O2/c1-30(2,3)25-13-10-14-26(20-25)32(17-15-28-24(21-32)22-34-36-28)33-18-16-27(19-23-11-8-7-9-12-23)35-29(37)38-31(4,5)6/h7-14,20,22,27,33H,15-19,21H2,1-6H3,(H,34,36)(H,35,37)/t27-,32?/m1/s1. The van der Waals surface area contributed by atoms with Crippen molar-refractivity contribution in [3.63, 3.8) is 0 Å². The molecular formula is C32H44N4O2. The number of alkyl carbamates (subject to hydrolysis) is 1. The van der Waals surface area contributed by atoms with Gasteiger partial charge in [-0.15, -0.1) is 0 Å². The summed E-state index contributed by atoms with van der Waals surface area (Å²) in [6, 6.07) is 19.3. The highest BCUT2D eigenvalue weighted by atomic mass is 16.6. The molecule has 1 heterocycles. The maximum absolute atomic E-state index is 12.7. The number of aryl methyl sites for hydroxylation is 1. The lowest BCUT2D eigenvalue weighted by molar-refractivity contribution is 0.0501. The molecule has 0 aliphatic heterocycles. The molecule has 38 heavy (non-hydrogen) atoms. The van der Waals surface area contributed by atoms with E-state index < -0.39 is 5.60 Å². The van der Waals surface area contributed by atoms with Crippen molar-refractivity contribution in [3.05, 3.63) is 88.7 Å². The number of ether oxygens (including phenoxy) is 1. The molecule has 2 atom stereocenters. The van der Waals surface area contributed by atoms with Crippen LogP contribution in [0.15, 0.2) is 60.8 Å². The monoisotopic (exact) mass is 516 g/mol. The summed E-state index contributed by atoms with van der Waals surface area (Å²) in [6.45, 7) is 13.2. The summed E-state index contributed by atoms with van der Waals surface area (Å²) >= 11 is 0. The number of nitrogens with one attached hydrogen (secondary N) is 3. The van der Waals surface area contributed by atoms with Crippen LogP contribution < -0.4 is 10.6 Å². The fourth-order valence-corrected chi connectivity index (χ4v) is 5.32. The van der Waals surface area contributed by atoms with Crippen molar-refractivity contribution < 1.29 is 9.53 Å². The lowest BCUT2D eigenvalue weighted by Gasteiger charge is -2.39. The number of nitrogens with zero attached hydrogens (tertiary/aromatic N) is 1. The number of fused-ring (bicyclic) bond motifs is 1. The van der Waals surface area contributed by atoms with Crippen molar-refractivity contribution in [1.29, 1.82) is 0 Å². The first kappa shape index (κ1) is 27.9. The van der Waals surface area contributed by atoms with E-state index in [9.17, 15) is 4.79 Å². The summed E-state index contributed by atoms with van der Waals surface area (Å²) in [7, 11) is 0. The molecule has 0 radical (unpaired) electrons. The van der Waals surface area contributed by atoms with Crippen molar-refractivity contribution in [1.82, 2.24) is 20.8 Å². The number of H-pyrrole nitrogens is 1. The minimum atomic E-state index is -0.536. The zero-order valence-corrected chi connectivity index (χ0v) is 23.9. The van der Waals surface area contributed by atoms with Gasteiger partial charge in [-0.05, 0) is 87.1 Å². The third kappa shape index (κ3) is 7.25. The first-order valence-corrected chi connectivity index (χ1v) is 13.8. The van der Waals surface area contributed by atoms with Gasteiger partial charge >= 0.3 is 6.09 Å². The Balaban J connectivity index is 1.54. The van der Waals surface area contributed by atoms with E-state index in [0.717, 1.165) is 38.6 Å². The predicted octanol–water partition coefficient (Wildman–Crippen LogP) is 6.21. The number of benzene rings is 2. The summed E-state index contributed by atoms with van der Waals surface area (Å²) in [5.74, 6) is 0. The summed E-state index contributed by atoms with van der Waals surface area (Å²) in [6.07, 6.45) is 5.99. The van der Waals surface area contributed by atoms with Gasteiger partial charge in [-0.2, -0.15) is 5.10 Å². The largest absolute Gasteiger partial charge is 0.444 e. The average Bonchev–Trinajstić information content (AvgIpc) is 3.30. The number of hydrogen-bond donors (Lipinski definition) is 3. The zero-order chi connectivity index (χ0) is 27.4. The minimum Gasteiger partial charge on any atom is -0.444 e. The Morgan fingerprint density at radius 2 is 1.84 bits per heavy atom. The molecule has 3 N–H and O–H groups in total. The fourth-order valence-electron chi connectivity index (χ4n) is 5.32. The van der Waals surface area contributed by atoms with Crippen molar-refractivity contribution >= 4 is 6.09 Å². The van der Waals surface area contributed by atoms with Gasteiger partial charge in [0.15, 0.2) is 0 Å². The average molecular weight is 517 g/mol. The van der Waals surface area contributed by atoms with E-state index in [1.54, 1.807) is 0 Å². The van der Waals surface area contributed by atoms with Crippen LogP contribution in [0.3, 0.4) is 0 Å². The van der Waals surface area contributed by atoms with Crippen LogP contribution in [0.2, 0.25) is 0 Å². The zero-order valence-electron chi connectivity index (χ0n) is 23.9. The van der Waals surface area contributed by atoms with Gasteiger partial charge in [0.25, 0.3) is 0 Å². The molecule has 1 unspecified atom stereocenters. The normalized spacial score (nSPS) is 18.5. The number of aromatic amines is 1. The van der Waals surface area contributed by atoms with Crippen LogP contribution in [0.1, 0.15) is 82.3 Å². The number of amides is 1. The van der Waals surface area contributed by atoms with Crippen LogP contribution in [0, 0.1) is 0 Å². The van der Waals surface area contributed by atoms with Crippen LogP contribution >= 0.6 is 0 Å². The van der Waals surface area contributed by atoms with Crippen molar-refractivity contribution in [2.45, 2.75) is 96.2 Å². The number of rotatable bonds is 8. The highest BCUT2D eigenvalue weighted by Gasteiger charge is 2.37. The third-order valence-corrected chi connectivity index (χ3v) is 7.37. The maximum Gasteiger partial charge on any atom is 0.407 e. The van der Waals surface area contributed by atoms with Crippen LogP contribution in [0.5, 0.6) is 0 Å². The van der Waals surface area contributed by atoms with Crippen molar-refractivity contribution in [2.24, 2.45) is 0 Å². The molecular weight excluding hydrogens is 472 g/mol. The quantitative estimate of drug-likeness (QED) is 0.333. The van der Waals surface area contributed by atoms with Gasteiger partial charge in [-0.3, -0.25) is 5.10 Å². The Kier molecular flexibility index (Phi) is 8.31. The van der Waals surface area contributed by atoms with Crippen LogP contribution in [0.25, 0.3) is 0 Å². The molecule has 0 bridgehead atoms. The topological polar surface area (TPSA) is 79.0 Å². The van der Waals surface area contributed by atoms with E-state index in [1.165, 1.54) is 27.9 Å². The van der Waals surface area contributed by atoms with Gasteiger partial charge in [0.2, 0.25) is 0 Å². The van der Waals surface area contributed by atoms with E-state index in [-0.39, 0.29) is 23.1 Å². The Bertz CT molecular complexity index is 1210. The Morgan fingerprint density at radius 3 is 2.55 bits per heavy atom. The summed E-state index contributed by atoms with van der Waals surface area (Å²) in [5.41, 5.74) is 5.64. The number of hydrogen-bond acceptors (Lipinski definition) is 4. The van der Waals surface area contributed by atoms with Gasteiger partial charge in [-0.25, -0.2) is 4.79 Å². The first-order chi connectivity index (χ1) is 17.9. The SMILES string of the molecule is CC(C)(C)OC(=O)N[C@H](CCNC1(c2cccc(C(C)(C)C)c2)CCc2n[nH]cc2C1)Cc1ccccc1. The maximum atomic E-state index is 12.7. The summed E-state index contributed by atoms with van der Waals surface area (Å²) in [4.78, 5) is 12.7. The highest BCUT2D eigenvalue weighted by molar-refractivity contribution is 5.68. The van der Waals surface area contributed by atoms with E-state index in [1.807, 2.05) is 45.2 Å². The minimum absolute atomic E-state index is 0.0502. The van der Waals surface area contributed by atoms with E-state index in [2.05, 4.69) is 78.0 Å². The molecule has 6 nitrogen and oxygen atoms in total.